The first kappa shape index (κ1) is 14.7. The van der Waals surface area contributed by atoms with Crippen molar-refractivity contribution in [1.82, 2.24) is 5.32 Å². The minimum atomic E-state index is -0.475. The summed E-state index contributed by atoms with van der Waals surface area (Å²) < 4.78 is 10.6. The molecule has 0 saturated carbocycles. The van der Waals surface area contributed by atoms with Crippen molar-refractivity contribution >= 4 is 5.91 Å². The van der Waals surface area contributed by atoms with Gasteiger partial charge < -0.3 is 20.5 Å². The third-order valence-corrected chi connectivity index (χ3v) is 3.82. The van der Waals surface area contributed by atoms with Gasteiger partial charge in [0.1, 0.15) is 0 Å². The van der Waals surface area contributed by atoms with Gasteiger partial charge in [0.05, 0.1) is 12.1 Å². The van der Waals surface area contributed by atoms with E-state index in [0.29, 0.717) is 0 Å². The second kappa shape index (κ2) is 6.13. The molecule has 1 heterocycles. The standard InChI is InChI=1S/C15H22N2O3/c1-4-9(2)14(16)15(18)17-10(3)11-5-6-12-13(7-11)20-8-19-12/h5-7,9-10,14H,4,8,16H2,1-3H3,(H,17,18)/t9?,10?,14-/m0/s1. The van der Waals surface area contributed by atoms with E-state index in [4.69, 9.17) is 15.2 Å². The van der Waals surface area contributed by atoms with Crippen LogP contribution in [0.4, 0.5) is 0 Å². The summed E-state index contributed by atoms with van der Waals surface area (Å²) in [5.74, 6) is 1.50. The van der Waals surface area contributed by atoms with Gasteiger partial charge in [0.25, 0.3) is 0 Å². The molecule has 2 unspecified atom stereocenters. The van der Waals surface area contributed by atoms with Gasteiger partial charge in [-0.2, -0.15) is 0 Å². The predicted octanol–water partition coefficient (Wildman–Crippen LogP) is 1.97. The molecule has 0 fully saturated rings. The Balaban J connectivity index is 2.01. The number of ether oxygens (including phenoxy) is 2. The second-order valence-electron chi connectivity index (χ2n) is 5.25. The summed E-state index contributed by atoms with van der Waals surface area (Å²) >= 11 is 0. The van der Waals surface area contributed by atoms with Gasteiger partial charge in [0.15, 0.2) is 11.5 Å². The highest BCUT2D eigenvalue weighted by Crippen LogP contribution is 2.34. The maximum Gasteiger partial charge on any atom is 0.237 e. The minimum absolute atomic E-state index is 0.118. The van der Waals surface area contributed by atoms with E-state index in [0.717, 1.165) is 23.5 Å². The number of amides is 1. The molecule has 5 nitrogen and oxygen atoms in total. The summed E-state index contributed by atoms with van der Waals surface area (Å²) in [5.41, 5.74) is 6.90. The number of nitrogens with two attached hydrogens (primary N) is 1. The zero-order valence-electron chi connectivity index (χ0n) is 12.2. The van der Waals surface area contributed by atoms with Crippen LogP contribution in [0.15, 0.2) is 18.2 Å². The van der Waals surface area contributed by atoms with Crippen molar-refractivity contribution in [3.63, 3.8) is 0 Å². The summed E-state index contributed by atoms with van der Waals surface area (Å²) in [6.45, 7) is 6.19. The molecule has 1 aliphatic heterocycles. The van der Waals surface area contributed by atoms with E-state index in [2.05, 4.69) is 5.32 Å². The number of nitrogens with one attached hydrogen (secondary N) is 1. The Hall–Kier alpha value is -1.75. The molecular weight excluding hydrogens is 256 g/mol. The maximum atomic E-state index is 12.1. The van der Waals surface area contributed by atoms with Crippen molar-refractivity contribution < 1.29 is 14.3 Å². The zero-order chi connectivity index (χ0) is 14.7. The SMILES string of the molecule is CCC(C)[C@H](N)C(=O)NC(C)c1ccc2c(c1)OCO2. The monoisotopic (exact) mass is 278 g/mol. The molecule has 20 heavy (non-hydrogen) atoms. The van der Waals surface area contributed by atoms with Gasteiger partial charge in [-0.15, -0.1) is 0 Å². The lowest BCUT2D eigenvalue weighted by molar-refractivity contribution is -0.124. The summed E-state index contributed by atoms with van der Waals surface area (Å²) in [7, 11) is 0. The molecule has 2 rings (SSSR count). The summed E-state index contributed by atoms with van der Waals surface area (Å²) in [6.07, 6.45) is 0.882. The van der Waals surface area contributed by atoms with Crippen LogP contribution < -0.4 is 20.5 Å². The van der Waals surface area contributed by atoms with Crippen LogP contribution in [-0.4, -0.2) is 18.7 Å². The number of hydrogen-bond acceptors (Lipinski definition) is 4. The molecule has 0 aliphatic carbocycles. The van der Waals surface area contributed by atoms with Gasteiger partial charge >= 0.3 is 0 Å². The normalized spacial score (nSPS) is 17.4. The van der Waals surface area contributed by atoms with E-state index >= 15 is 0 Å². The minimum Gasteiger partial charge on any atom is -0.454 e. The summed E-state index contributed by atoms with van der Waals surface area (Å²) in [6, 6.07) is 5.08. The molecule has 5 heteroatoms. The Morgan fingerprint density at radius 3 is 2.75 bits per heavy atom. The smallest absolute Gasteiger partial charge is 0.237 e. The first-order valence-electron chi connectivity index (χ1n) is 6.98. The molecule has 3 N–H and O–H groups in total. The second-order valence-corrected chi connectivity index (χ2v) is 5.25. The molecule has 0 radical (unpaired) electrons. The van der Waals surface area contributed by atoms with Crippen molar-refractivity contribution in [3.05, 3.63) is 23.8 Å². The highest BCUT2D eigenvalue weighted by molar-refractivity contribution is 5.82. The molecule has 0 aromatic heterocycles. The Morgan fingerprint density at radius 2 is 2.05 bits per heavy atom. The highest BCUT2D eigenvalue weighted by Gasteiger charge is 2.22. The largest absolute Gasteiger partial charge is 0.454 e. The van der Waals surface area contributed by atoms with Crippen molar-refractivity contribution in [1.29, 1.82) is 0 Å². The molecule has 1 amide bonds. The van der Waals surface area contributed by atoms with Crippen molar-refractivity contribution in [2.75, 3.05) is 6.79 Å². The molecular formula is C15H22N2O3. The molecule has 3 atom stereocenters. The lowest BCUT2D eigenvalue weighted by Gasteiger charge is -2.21. The fourth-order valence-corrected chi connectivity index (χ4v) is 2.09. The molecule has 0 saturated heterocycles. The van der Waals surface area contributed by atoms with E-state index in [1.165, 1.54) is 0 Å². The topological polar surface area (TPSA) is 73.6 Å². The lowest BCUT2D eigenvalue weighted by atomic mass is 9.98. The van der Waals surface area contributed by atoms with Gasteiger partial charge in [-0.25, -0.2) is 0 Å². The third-order valence-electron chi connectivity index (χ3n) is 3.82. The van der Waals surface area contributed by atoms with E-state index in [-0.39, 0.29) is 24.7 Å². The van der Waals surface area contributed by atoms with E-state index < -0.39 is 6.04 Å². The number of benzene rings is 1. The highest BCUT2D eigenvalue weighted by atomic mass is 16.7. The van der Waals surface area contributed by atoms with Gasteiger partial charge in [0.2, 0.25) is 12.7 Å². The Bertz CT molecular complexity index is 490. The summed E-state index contributed by atoms with van der Waals surface area (Å²) in [4.78, 5) is 12.1. The molecule has 1 aromatic rings. The number of fused-ring (bicyclic) bond motifs is 1. The quantitative estimate of drug-likeness (QED) is 0.863. The number of hydrogen-bond donors (Lipinski definition) is 2. The summed E-state index contributed by atoms with van der Waals surface area (Å²) in [5, 5.41) is 2.94. The maximum absolute atomic E-state index is 12.1. The van der Waals surface area contributed by atoms with E-state index in [1.54, 1.807) is 0 Å². The van der Waals surface area contributed by atoms with Crippen LogP contribution in [0.2, 0.25) is 0 Å². The van der Waals surface area contributed by atoms with Gasteiger partial charge in [-0.05, 0) is 30.5 Å². The van der Waals surface area contributed by atoms with Crippen molar-refractivity contribution in [2.45, 2.75) is 39.3 Å². The van der Waals surface area contributed by atoms with Crippen molar-refractivity contribution in [2.24, 2.45) is 11.7 Å². The first-order valence-corrected chi connectivity index (χ1v) is 6.98. The molecule has 1 aromatic carbocycles. The Labute approximate surface area is 119 Å². The van der Waals surface area contributed by atoms with Crippen LogP contribution in [0, 0.1) is 5.92 Å². The van der Waals surface area contributed by atoms with E-state index in [1.807, 2.05) is 39.0 Å². The number of rotatable bonds is 5. The Kier molecular flexibility index (Phi) is 4.49. The van der Waals surface area contributed by atoms with Crippen LogP contribution in [0.3, 0.4) is 0 Å². The first-order chi connectivity index (χ1) is 9.52. The molecule has 110 valence electrons. The molecule has 0 spiro atoms. The fraction of sp³-hybridized carbons (Fsp3) is 0.533. The van der Waals surface area contributed by atoms with Crippen molar-refractivity contribution in [3.8, 4) is 11.5 Å². The van der Waals surface area contributed by atoms with Gasteiger partial charge in [-0.1, -0.05) is 26.3 Å². The van der Waals surface area contributed by atoms with Crippen LogP contribution in [-0.2, 0) is 4.79 Å². The van der Waals surface area contributed by atoms with Crippen LogP contribution in [0.25, 0.3) is 0 Å². The average Bonchev–Trinajstić information content (AvgIpc) is 2.92. The third kappa shape index (κ3) is 3.04. The van der Waals surface area contributed by atoms with Crippen LogP contribution in [0.5, 0.6) is 11.5 Å². The molecule has 1 aliphatic rings. The average molecular weight is 278 g/mol. The molecule has 0 bridgehead atoms. The van der Waals surface area contributed by atoms with Gasteiger partial charge in [0, 0.05) is 0 Å². The number of carbonyl (C=O) groups excluding carboxylic acids is 1. The predicted molar refractivity (Wildman–Crippen MR) is 76.6 cm³/mol. The Morgan fingerprint density at radius 1 is 1.35 bits per heavy atom. The zero-order valence-corrected chi connectivity index (χ0v) is 12.2. The lowest BCUT2D eigenvalue weighted by Crippen LogP contribution is -2.45. The number of carbonyl (C=O) groups is 1. The van der Waals surface area contributed by atoms with Crippen LogP contribution in [0.1, 0.15) is 38.8 Å². The van der Waals surface area contributed by atoms with Crippen LogP contribution >= 0.6 is 0 Å². The van der Waals surface area contributed by atoms with E-state index in [9.17, 15) is 4.79 Å². The fourth-order valence-electron chi connectivity index (χ4n) is 2.09. The van der Waals surface area contributed by atoms with Gasteiger partial charge in [-0.3, -0.25) is 4.79 Å².